The molecule has 0 spiro atoms. The number of nitrogen functional groups attached to an aromatic ring is 1. The highest BCUT2D eigenvalue weighted by Crippen LogP contribution is 2.19. The number of nitrogens with two attached hydrogens (primary N) is 1. The SMILES string of the molecule is Cc1cccc(OCCOc2ccc(C(=N)N)cc2)c1F. The van der Waals surface area contributed by atoms with Gasteiger partial charge in [0.1, 0.15) is 24.8 Å². The molecule has 0 unspecified atom stereocenters. The van der Waals surface area contributed by atoms with Crippen molar-refractivity contribution in [3.8, 4) is 11.5 Å². The third kappa shape index (κ3) is 3.95. The molecule has 2 rings (SSSR count). The van der Waals surface area contributed by atoms with E-state index in [-0.39, 0.29) is 24.0 Å². The van der Waals surface area contributed by atoms with Crippen molar-refractivity contribution in [3.05, 3.63) is 59.4 Å². The van der Waals surface area contributed by atoms with Gasteiger partial charge in [-0.25, -0.2) is 4.39 Å². The Bertz CT molecular complexity index is 627. The average molecular weight is 288 g/mol. The first kappa shape index (κ1) is 14.8. The summed E-state index contributed by atoms with van der Waals surface area (Å²) in [7, 11) is 0. The van der Waals surface area contributed by atoms with Crippen molar-refractivity contribution in [1.82, 2.24) is 0 Å². The van der Waals surface area contributed by atoms with Gasteiger partial charge in [-0.3, -0.25) is 5.41 Å². The summed E-state index contributed by atoms with van der Waals surface area (Å²) in [6.07, 6.45) is 0. The third-order valence-corrected chi connectivity index (χ3v) is 2.93. The van der Waals surface area contributed by atoms with Gasteiger partial charge in [0.25, 0.3) is 0 Å². The summed E-state index contributed by atoms with van der Waals surface area (Å²) >= 11 is 0. The normalized spacial score (nSPS) is 10.2. The Morgan fingerprint density at radius 3 is 2.43 bits per heavy atom. The number of hydrogen-bond acceptors (Lipinski definition) is 3. The summed E-state index contributed by atoms with van der Waals surface area (Å²) in [6.45, 7) is 2.23. The number of ether oxygens (including phenoxy) is 2. The molecule has 0 saturated carbocycles. The molecular weight excluding hydrogens is 271 g/mol. The quantitative estimate of drug-likeness (QED) is 0.488. The van der Waals surface area contributed by atoms with E-state index in [9.17, 15) is 4.39 Å². The number of rotatable bonds is 6. The van der Waals surface area contributed by atoms with Gasteiger partial charge < -0.3 is 15.2 Å². The van der Waals surface area contributed by atoms with E-state index in [1.807, 2.05) is 0 Å². The van der Waals surface area contributed by atoms with Gasteiger partial charge in [-0.05, 0) is 42.8 Å². The lowest BCUT2D eigenvalue weighted by atomic mass is 10.2. The fourth-order valence-corrected chi connectivity index (χ4v) is 1.77. The van der Waals surface area contributed by atoms with Gasteiger partial charge in [0, 0.05) is 5.56 Å². The molecule has 0 saturated heterocycles. The maximum atomic E-state index is 13.7. The summed E-state index contributed by atoms with van der Waals surface area (Å²) in [5, 5.41) is 7.29. The number of aryl methyl sites for hydroxylation is 1. The first-order valence-electron chi connectivity index (χ1n) is 6.53. The topological polar surface area (TPSA) is 68.3 Å². The molecule has 0 radical (unpaired) electrons. The lowest BCUT2D eigenvalue weighted by Crippen LogP contribution is -2.12. The zero-order chi connectivity index (χ0) is 15.2. The number of halogens is 1. The highest BCUT2D eigenvalue weighted by molar-refractivity contribution is 5.94. The second-order valence-electron chi connectivity index (χ2n) is 4.52. The molecule has 0 fully saturated rings. The second kappa shape index (κ2) is 6.74. The Kier molecular flexibility index (Phi) is 4.77. The molecule has 0 aliphatic carbocycles. The highest BCUT2D eigenvalue weighted by Gasteiger charge is 2.05. The van der Waals surface area contributed by atoms with Crippen LogP contribution in [0.3, 0.4) is 0 Å². The molecule has 0 heterocycles. The summed E-state index contributed by atoms with van der Waals surface area (Å²) in [4.78, 5) is 0. The molecule has 5 heteroatoms. The summed E-state index contributed by atoms with van der Waals surface area (Å²) in [5.41, 5.74) is 6.55. The second-order valence-corrected chi connectivity index (χ2v) is 4.52. The van der Waals surface area contributed by atoms with Gasteiger partial charge in [-0.15, -0.1) is 0 Å². The zero-order valence-corrected chi connectivity index (χ0v) is 11.7. The van der Waals surface area contributed by atoms with Gasteiger partial charge in [0.2, 0.25) is 0 Å². The van der Waals surface area contributed by atoms with Crippen molar-refractivity contribution < 1.29 is 13.9 Å². The number of hydrogen-bond donors (Lipinski definition) is 2. The molecule has 3 N–H and O–H groups in total. The largest absolute Gasteiger partial charge is 0.490 e. The number of amidine groups is 1. The molecule has 0 aromatic heterocycles. The van der Waals surface area contributed by atoms with E-state index < -0.39 is 0 Å². The molecule has 0 atom stereocenters. The van der Waals surface area contributed by atoms with Crippen molar-refractivity contribution in [2.45, 2.75) is 6.92 Å². The molecule has 110 valence electrons. The van der Waals surface area contributed by atoms with Crippen molar-refractivity contribution in [2.75, 3.05) is 13.2 Å². The van der Waals surface area contributed by atoms with Gasteiger partial charge in [0.05, 0.1) is 0 Å². The van der Waals surface area contributed by atoms with E-state index in [0.717, 1.165) is 0 Å². The molecule has 2 aromatic carbocycles. The van der Waals surface area contributed by atoms with Crippen LogP contribution in [0, 0.1) is 18.2 Å². The van der Waals surface area contributed by atoms with Gasteiger partial charge in [0.15, 0.2) is 11.6 Å². The van der Waals surface area contributed by atoms with Crippen LogP contribution in [-0.2, 0) is 0 Å². The smallest absolute Gasteiger partial charge is 0.167 e. The van der Waals surface area contributed by atoms with Crippen LogP contribution in [0.1, 0.15) is 11.1 Å². The Morgan fingerprint density at radius 1 is 1.10 bits per heavy atom. The summed E-state index contributed by atoms with van der Waals surface area (Å²) in [6, 6.07) is 11.9. The predicted molar refractivity (Wildman–Crippen MR) is 79.6 cm³/mol. The van der Waals surface area contributed by atoms with Crippen LogP contribution in [0.25, 0.3) is 0 Å². The molecule has 4 nitrogen and oxygen atoms in total. The lowest BCUT2D eigenvalue weighted by molar-refractivity contribution is 0.211. The third-order valence-electron chi connectivity index (χ3n) is 2.93. The van der Waals surface area contributed by atoms with Crippen LogP contribution in [-0.4, -0.2) is 19.0 Å². The molecule has 0 aliphatic rings. The maximum absolute atomic E-state index is 13.7. The van der Waals surface area contributed by atoms with Crippen LogP contribution < -0.4 is 15.2 Å². The van der Waals surface area contributed by atoms with E-state index in [4.69, 9.17) is 20.6 Å². The molecule has 0 aliphatic heterocycles. The minimum atomic E-state index is -0.344. The standard InChI is InChI=1S/C16H17FN2O2/c1-11-3-2-4-14(15(11)17)21-10-9-20-13-7-5-12(6-8-13)16(18)19/h2-8H,9-10H2,1H3,(H3,18,19). The van der Waals surface area contributed by atoms with E-state index in [1.54, 1.807) is 49.4 Å². The van der Waals surface area contributed by atoms with E-state index in [1.165, 1.54) is 0 Å². The number of benzene rings is 2. The van der Waals surface area contributed by atoms with Gasteiger partial charge in [-0.1, -0.05) is 12.1 Å². The van der Waals surface area contributed by atoms with E-state index in [2.05, 4.69) is 0 Å². The van der Waals surface area contributed by atoms with Crippen molar-refractivity contribution in [1.29, 1.82) is 5.41 Å². The fourth-order valence-electron chi connectivity index (χ4n) is 1.77. The molecule has 2 aromatic rings. The molecular formula is C16H17FN2O2. The minimum absolute atomic E-state index is 0.0137. The first-order chi connectivity index (χ1) is 10.1. The molecule has 21 heavy (non-hydrogen) atoms. The first-order valence-corrected chi connectivity index (χ1v) is 6.53. The molecule has 0 bridgehead atoms. The average Bonchev–Trinajstić information content (AvgIpc) is 2.48. The number of nitrogens with one attached hydrogen (secondary N) is 1. The van der Waals surface area contributed by atoms with Gasteiger partial charge in [-0.2, -0.15) is 0 Å². The van der Waals surface area contributed by atoms with Crippen LogP contribution in [0.2, 0.25) is 0 Å². The Labute approximate surface area is 122 Å². The maximum Gasteiger partial charge on any atom is 0.167 e. The van der Waals surface area contributed by atoms with Crippen LogP contribution in [0.4, 0.5) is 4.39 Å². The Hall–Kier alpha value is -2.56. The fraction of sp³-hybridized carbons (Fsp3) is 0.188. The van der Waals surface area contributed by atoms with Crippen molar-refractivity contribution in [2.24, 2.45) is 5.73 Å². The lowest BCUT2D eigenvalue weighted by Gasteiger charge is -2.10. The van der Waals surface area contributed by atoms with Crippen LogP contribution >= 0.6 is 0 Å². The predicted octanol–water partition coefficient (Wildman–Crippen LogP) is 2.88. The van der Waals surface area contributed by atoms with E-state index in [0.29, 0.717) is 23.5 Å². The van der Waals surface area contributed by atoms with Crippen LogP contribution in [0.5, 0.6) is 11.5 Å². The van der Waals surface area contributed by atoms with Crippen molar-refractivity contribution >= 4 is 5.84 Å². The van der Waals surface area contributed by atoms with Crippen LogP contribution in [0.15, 0.2) is 42.5 Å². The van der Waals surface area contributed by atoms with E-state index >= 15 is 0 Å². The Balaban J connectivity index is 1.82. The Morgan fingerprint density at radius 2 is 1.76 bits per heavy atom. The van der Waals surface area contributed by atoms with Gasteiger partial charge >= 0.3 is 0 Å². The zero-order valence-electron chi connectivity index (χ0n) is 11.7. The minimum Gasteiger partial charge on any atom is -0.490 e. The summed E-state index contributed by atoms with van der Waals surface area (Å²) < 4.78 is 24.5. The molecule has 0 amide bonds. The monoisotopic (exact) mass is 288 g/mol. The van der Waals surface area contributed by atoms with Crippen molar-refractivity contribution in [3.63, 3.8) is 0 Å². The highest BCUT2D eigenvalue weighted by atomic mass is 19.1. The summed E-state index contributed by atoms with van der Waals surface area (Å²) in [5.74, 6) is 0.543.